The first-order valence-corrected chi connectivity index (χ1v) is 9.32. The zero-order chi connectivity index (χ0) is 26.2. The van der Waals surface area contributed by atoms with Gasteiger partial charge in [-0.15, -0.1) is 0 Å². The summed E-state index contributed by atoms with van der Waals surface area (Å²) in [4.78, 5) is 18.9. The van der Waals surface area contributed by atoms with Crippen molar-refractivity contribution in [2.45, 2.75) is 18.5 Å². The van der Waals surface area contributed by atoms with Gasteiger partial charge in [0.15, 0.2) is 0 Å². The molecular formula is C21H11F10N3O. The summed E-state index contributed by atoms with van der Waals surface area (Å²) in [5, 5.41) is 0. The minimum absolute atomic E-state index is 0.0971. The van der Waals surface area contributed by atoms with Crippen molar-refractivity contribution in [3.05, 3.63) is 77.6 Å². The lowest BCUT2D eigenvalue weighted by atomic mass is 10.0. The molecule has 0 atom stereocenters. The number of amides is 1. The average Bonchev–Trinajstić information content (AvgIpc) is 2.75. The Morgan fingerprint density at radius 2 is 1.40 bits per heavy atom. The largest absolute Gasteiger partial charge is 0.433 e. The molecule has 3 rings (SSSR count). The highest BCUT2D eigenvalue weighted by atomic mass is 19.4. The third-order valence-electron chi connectivity index (χ3n) is 4.49. The Hall–Kier alpha value is -3.71. The van der Waals surface area contributed by atoms with Crippen LogP contribution in [0.5, 0.6) is 0 Å². The van der Waals surface area contributed by atoms with Gasteiger partial charge in [0.2, 0.25) is 0 Å². The van der Waals surface area contributed by atoms with Gasteiger partial charge in [-0.3, -0.25) is 14.7 Å². The molecule has 3 aromatic rings. The van der Waals surface area contributed by atoms with Crippen LogP contribution < -0.4 is 4.90 Å². The summed E-state index contributed by atoms with van der Waals surface area (Å²) < 4.78 is 133. The van der Waals surface area contributed by atoms with Crippen LogP contribution >= 0.6 is 0 Å². The molecule has 186 valence electrons. The molecule has 0 N–H and O–H groups in total. The predicted octanol–water partition coefficient (Wildman–Crippen LogP) is 6.53. The Kier molecular flexibility index (Phi) is 6.77. The number of pyridine rings is 2. The number of carbonyl (C=O) groups is 1. The molecule has 1 aromatic carbocycles. The summed E-state index contributed by atoms with van der Waals surface area (Å²) in [6.45, 7) is -2.12. The highest BCUT2D eigenvalue weighted by Gasteiger charge is 2.41. The number of anilines is 1. The monoisotopic (exact) mass is 511 g/mol. The molecule has 1 amide bonds. The average molecular weight is 511 g/mol. The third kappa shape index (κ3) is 6.05. The van der Waals surface area contributed by atoms with Gasteiger partial charge in [0.25, 0.3) is 5.91 Å². The Balaban J connectivity index is 2.24. The number of benzene rings is 1. The molecule has 0 spiro atoms. The molecule has 0 saturated heterocycles. The van der Waals surface area contributed by atoms with Gasteiger partial charge >= 0.3 is 18.5 Å². The second-order valence-electron chi connectivity index (χ2n) is 7.00. The lowest BCUT2D eigenvalue weighted by Crippen LogP contribution is -2.40. The number of nitrogens with zero attached hydrogens (tertiary/aromatic N) is 3. The maximum atomic E-state index is 14.3. The number of halogens is 10. The first-order valence-electron chi connectivity index (χ1n) is 9.32. The van der Waals surface area contributed by atoms with Crippen LogP contribution in [0.4, 0.5) is 49.6 Å². The summed E-state index contributed by atoms with van der Waals surface area (Å²) in [5.74, 6) is -2.78. The number of carbonyl (C=O) groups excluding carboxylic acids is 1. The van der Waals surface area contributed by atoms with Crippen molar-refractivity contribution in [2.75, 3.05) is 11.4 Å². The normalized spacial score (nSPS) is 12.5. The van der Waals surface area contributed by atoms with Gasteiger partial charge < -0.3 is 0 Å². The summed E-state index contributed by atoms with van der Waals surface area (Å²) in [6.07, 6.45) is -14.3. The molecule has 0 aliphatic heterocycles. The number of aromatic nitrogens is 2. The molecule has 4 nitrogen and oxygen atoms in total. The number of hydrogen-bond acceptors (Lipinski definition) is 3. The zero-order valence-corrected chi connectivity index (χ0v) is 16.9. The Bertz CT molecular complexity index is 1200. The van der Waals surface area contributed by atoms with Crippen LogP contribution in [0.25, 0.3) is 11.1 Å². The zero-order valence-electron chi connectivity index (χ0n) is 16.9. The van der Waals surface area contributed by atoms with Crippen molar-refractivity contribution < 1.29 is 48.7 Å². The van der Waals surface area contributed by atoms with Crippen LogP contribution in [-0.2, 0) is 12.4 Å². The van der Waals surface area contributed by atoms with Gasteiger partial charge in [0.1, 0.15) is 23.7 Å². The van der Waals surface area contributed by atoms with E-state index in [1.54, 1.807) is 0 Å². The Labute approximate surface area is 189 Å². The van der Waals surface area contributed by atoms with Crippen molar-refractivity contribution in [1.29, 1.82) is 0 Å². The highest BCUT2D eigenvalue weighted by Crippen LogP contribution is 2.37. The van der Waals surface area contributed by atoms with Gasteiger partial charge in [-0.1, -0.05) is 18.2 Å². The maximum Gasteiger partial charge on any atom is 0.433 e. The second kappa shape index (κ2) is 9.15. The summed E-state index contributed by atoms with van der Waals surface area (Å²) in [6, 6.07) is 5.56. The number of hydrogen-bond donors (Lipinski definition) is 0. The van der Waals surface area contributed by atoms with Crippen LogP contribution in [0.2, 0.25) is 0 Å². The quantitative estimate of drug-likeness (QED) is 0.375. The first kappa shape index (κ1) is 25.9. The number of rotatable bonds is 4. The second-order valence-corrected chi connectivity index (χ2v) is 7.00. The van der Waals surface area contributed by atoms with E-state index in [1.807, 2.05) is 0 Å². The fourth-order valence-corrected chi connectivity index (χ4v) is 3.05. The molecule has 0 saturated carbocycles. The van der Waals surface area contributed by atoms with Crippen LogP contribution in [0, 0.1) is 5.82 Å². The summed E-state index contributed by atoms with van der Waals surface area (Å²) in [5.41, 5.74) is -6.93. The van der Waals surface area contributed by atoms with Crippen LogP contribution in [-0.4, -0.2) is 28.6 Å². The molecule has 0 unspecified atom stereocenters. The van der Waals surface area contributed by atoms with Gasteiger partial charge in [-0.05, 0) is 24.3 Å². The third-order valence-corrected chi connectivity index (χ3v) is 4.49. The van der Waals surface area contributed by atoms with E-state index in [0.717, 1.165) is 24.4 Å². The van der Waals surface area contributed by atoms with E-state index < -0.39 is 59.4 Å². The fraction of sp³-hybridized carbons (Fsp3) is 0.190. The van der Waals surface area contributed by atoms with Crippen LogP contribution in [0.1, 0.15) is 21.7 Å². The molecule has 0 bridgehead atoms. The smallest absolute Gasteiger partial charge is 0.297 e. The van der Waals surface area contributed by atoms with Crippen molar-refractivity contribution in [3.8, 4) is 11.1 Å². The SMILES string of the molecule is O=C(c1cc(C(F)(F)F)nc(C(F)(F)F)c1)N(CC(F)(F)F)c1cnccc1-c1ccccc1F. The predicted molar refractivity (Wildman–Crippen MR) is 102 cm³/mol. The van der Waals surface area contributed by atoms with E-state index >= 15 is 0 Å². The lowest BCUT2D eigenvalue weighted by molar-refractivity contribution is -0.150. The highest BCUT2D eigenvalue weighted by molar-refractivity contribution is 6.08. The first-order chi connectivity index (χ1) is 16.1. The molecule has 0 radical (unpaired) electrons. The van der Waals surface area contributed by atoms with E-state index in [-0.39, 0.29) is 28.2 Å². The van der Waals surface area contributed by atoms with E-state index in [2.05, 4.69) is 9.97 Å². The van der Waals surface area contributed by atoms with E-state index in [9.17, 15) is 48.7 Å². The van der Waals surface area contributed by atoms with Crippen molar-refractivity contribution in [3.63, 3.8) is 0 Å². The molecule has 2 heterocycles. The van der Waals surface area contributed by atoms with Crippen LogP contribution in [0.3, 0.4) is 0 Å². The standard InChI is InChI=1S/C21H11F10N3O/c22-14-4-2-1-3-12(14)13-5-6-32-9-15(13)34(10-19(23,24)25)18(35)11-7-16(20(26,27)28)33-17(8-11)21(29,30)31/h1-9H,10H2. The van der Waals surface area contributed by atoms with Crippen molar-refractivity contribution in [1.82, 2.24) is 9.97 Å². The van der Waals surface area contributed by atoms with Crippen molar-refractivity contribution in [2.24, 2.45) is 0 Å². The van der Waals surface area contributed by atoms with E-state index in [4.69, 9.17) is 0 Å². The minimum atomic E-state index is -5.45. The topological polar surface area (TPSA) is 46.1 Å². The Morgan fingerprint density at radius 1 is 0.829 bits per heavy atom. The van der Waals surface area contributed by atoms with Gasteiger partial charge in [0, 0.05) is 22.9 Å². The number of alkyl halides is 9. The minimum Gasteiger partial charge on any atom is -0.297 e. The molecule has 0 aliphatic carbocycles. The van der Waals surface area contributed by atoms with Crippen molar-refractivity contribution >= 4 is 11.6 Å². The molecule has 0 aliphatic rings. The van der Waals surface area contributed by atoms with E-state index in [0.29, 0.717) is 6.20 Å². The fourth-order valence-electron chi connectivity index (χ4n) is 3.05. The lowest BCUT2D eigenvalue weighted by Gasteiger charge is -2.26. The molecular weight excluding hydrogens is 500 g/mol. The van der Waals surface area contributed by atoms with E-state index in [1.165, 1.54) is 12.1 Å². The summed E-state index contributed by atoms with van der Waals surface area (Å²) in [7, 11) is 0. The molecule has 35 heavy (non-hydrogen) atoms. The maximum absolute atomic E-state index is 14.3. The molecule has 2 aromatic heterocycles. The summed E-state index contributed by atoms with van der Waals surface area (Å²) >= 11 is 0. The van der Waals surface area contributed by atoms with Crippen LogP contribution in [0.15, 0.2) is 54.9 Å². The Morgan fingerprint density at radius 3 is 1.91 bits per heavy atom. The molecule has 14 heteroatoms. The van der Waals surface area contributed by atoms with Gasteiger partial charge in [-0.25, -0.2) is 9.37 Å². The van der Waals surface area contributed by atoms with Gasteiger partial charge in [0.05, 0.1) is 11.9 Å². The van der Waals surface area contributed by atoms with Gasteiger partial charge in [-0.2, -0.15) is 39.5 Å². The molecule has 0 fully saturated rings.